The molecule has 2 heterocycles. The highest BCUT2D eigenvalue weighted by Gasteiger charge is 2.13. The maximum atomic E-state index is 12.1. The third-order valence-electron chi connectivity index (χ3n) is 3.50. The highest BCUT2D eigenvalue weighted by molar-refractivity contribution is 7.17. The average Bonchev–Trinajstić information content (AvgIpc) is 3.01. The molecule has 3 nitrogen and oxygen atoms in total. The van der Waals surface area contributed by atoms with E-state index in [4.69, 9.17) is 4.74 Å². The summed E-state index contributed by atoms with van der Waals surface area (Å²) in [6.07, 6.45) is 0. The van der Waals surface area contributed by atoms with E-state index in [9.17, 15) is 4.79 Å². The monoisotopic (exact) mass is 285 g/mol. The number of aryl methyl sites for hydroxylation is 1. The number of ether oxygens (including phenoxy) is 1. The van der Waals surface area contributed by atoms with Crippen LogP contribution in [0.2, 0.25) is 0 Å². The van der Waals surface area contributed by atoms with Crippen LogP contribution in [0.5, 0.6) is 0 Å². The summed E-state index contributed by atoms with van der Waals surface area (Å²) in [6, 6.07) is 11.9. The minimum absolute atomic E-state index is 0.282. The first-order valence-corrected chi connectivity index (χ1v) is 7.29. The second kappa shape index (κ2) is 5.13. The largest absolute Gasteiger partial charge is 0.456 e. The predicted octanol–water partition coefficient (Wildman–Crippen LogP) is 3.91. The molecule has 102 valence electrons. The van der Waals surface area contributed by atoms with Gasteiger partial charge in [0.25, 0.3) is 0 Å². The summed E-state index contributed by atoms with van der Waals surface area (Å²) in [5.74, 6) is -0.282. The molecule has 1 aromatic carbocycles. The van der Waals surface area contributed by atoms with Gasteiger partial charge in [-0.15, -0.1) is 11.3 Å². The Labute approximate surface area is 121 Å². The number of hydrogen-bond acceptors (Lipinski definition) is 3. The number of rotatable bonds is 3. The second-order valence-corrected chi connectivity index (χ2v) is 5.66. The molecule has 0 bridgehead atoms. The van der Waals surface area contributed by atoms with Crippen LogP contribution in [0.25, 0.3) is 10.1 Å². The fourth-order valence-corrected chi connectivity index (χ4v) is 3.13. The zero-order chi connectivity index (χ0) is 14.1. The van der Waals surface area contributed by atoms with E-state index < -0.39 is 0 Å². The van der Waals surface area contributed by atoms with Gasteiger partial charge in [0.05, 0.1) is 0 Å². The first-order valence-electron chi connectivity index (χ1n) is 6.41. The van der Waals surface area contributed by atoms with Gasteiger partial charge in [0.1, 0.15) is 12.3 Å². The molecular weight excluding hydrogens is 270 g/mol. The Morgan fingerprint density at radius 2 is 2.05 bits per heavy atom. The lowest BCUT2D eigenvalue weighted by Gasteiger charge is -2.06. The van der Waals surface area contributed by atoms with Gasteiger partial charge in [0.15, 0.2) is 0 Å². The molecular formula is C16H15NO2S. The number of nitrogens with zero attached hydrogens (tertiary/aromatic N) is 1. The summed E-state index contributed by atoms with van der Waals surface area (Å²) in [6.45, 7) is 2.27. The second-order valence-electron chi connectivity index (χ2n) is 4.75. The van der Waals surface area contributed by atoms with Crippen LogP contribution in [0, 0.1) is 6.92 Å². The van der Waals surface area contributed by atoms with Crippen LogP contribution in [0.3, 0.4) is 0 Å². The van der Waals surface area contributed by atoms with Crippen molar-refractivity contribution in [2.24, 2.45) is 7.05 Å². The summed E-state index contributed by atoms with van der Waals surface area (Å²) in [5, 5.41) is 3.21. The number of thiophene rings is 1. The lowest BCUT2D eigenvalue weighted by atomic mass is 10.2. The molecule has 0 unspecified atom stereocenters. The molecule has 0 atom stereocenters. The molecule has 0 aliphatic rings. The molecule has 20 heavy (non-hydrogen) atoms. The van der Waals surface area contributed by atoms with Crippen LogP contribution in [0.15, 0.2) is 41.8 Å². The number of hydrogen-bond donors (Lipinski definition) is 0. The van der Waals surface area contributed by atoms with Crippen molar-refractivity contribution in [3.63, 3.8) is 0 Å². The molecule has 0 aliphatic heterocycles. The number of carbonyl (C=O) groups is 1. The Balaban J connectivity index is 1.76. The smallest absolute Gasteiger partial charge is 0.355 e. The Hall–Kier alpha value is -2.07. The minimum Gasteiger partial charge on any atom is -0.456 e. The molecule has 0 saturated carbocycles. The van der Waals surface area contributed by atoms with Crippen molar-refractivity contribution in [3.05, 3.63) is 58.7 Å². The van der Waals surface area contributed by atoms with Gasteiger partial charge in [-0.1, -0.05) is 18.2 Å². The summed E-state index contributed by atoms with van der Waals surface area (Å²) in [4.78, 5) is 12.1. The maximum absolute atomic E-state index is 12.1. The SMILES string of the molecule is Cc1ccc(C(=O)OCc2csc3ccccc23)n1C. The zero-order valence-electron chi connectivity index (χ0n) is 11.4. The molecule has 0 amide bonds. The third-order valence-corrected chi connectivity index (χ3v) is 4.51. The van der Waals surface area contributed by atoms with Gasteiger partial charge in [-0.3, -0.25) is 0 Å². The summed E-state index contributed by atoms with van der Waals surface area (Å²) < 4.78 is 8.48. The standard InChI is InChI=1S/C16H15NO2S/c1-11-7-8-14(17(11)2)16(18)19-9-12-10-20-15-6-4-3-5-13(12)15/h3-8,10H,9H2,1-2H3. The highest BCUT2D eigenvalue weighted by atomic mass is 32.1. The van der Waals surface area contributed by atoms with Crippen molar-refractivity contribution in [3.8, 4) is 0 Å². The van der Waals surface area contributed by atoms with Gasteiger partial charge < -0.3 is 9.30 Å². The van der Waals surface area contributed by atoms with E-state index in [1.54, 1.807) is 17.4 Å². The van der Waals surface area contributed by atoms with Gasteiger partial charge in [-0.05, 0) is 35.9 Å². The van der Waals surface area contributed by atoms with E-state index in [0.29, 0.717) is 12.3 Å². The predicted molar refractivity (Wildman–Crippen MR) is 81.1 cm³/mol. The number of aromatic nitrogens is 1. The molecule has 4 heteroatoms. The Morgan fingerprint density at radius 3 is 2.80 bits per heavy atom. The maximum Gasteiger partial charge on any atom is 0.355 e. The summed E-state index contributed by atoms with van der Waals surface area (Å²) in [5.41, 5.74) is 2.69. The van der Waals surface area contributed by atoms with Crippen LogP contribution in [0.4, 0.5) is 0 Å². The van der Waals surface area contributed by atoms with Gasteiger partial charge >= 0.3 is 5.97 Å². The Bertz CT molecular complexity index is 770. The normalized spacial score (nSPS) is 10.9. The van der Waals surface area contributed by atoms with Crippen molar-refractivity contribution in [2.45, 2.75) is 13.5 Å². The highest BCUT2D eigenvalue weighted by Crippen LogP contribution is 2.26. The quantitative estimate of drug-likeness (QED) is 0.683. The van der Waals surface area contributed by atoms with Crippen LogP contribution in [0.1, 0.15) is 21.7 Å². The van der Waals surface area contributed by atoms with E-state index in [1.165, 1.54) is 4.70 Å². The van der Waals surface area contributed by atoms with E-state index in [1.807, 2.05) is 42.1 Å². The molecule has 3 aromatic rings. The molecule has 0 saturated heterocycles. The lowest BCUT2D eigenvalue weighted by Crippen LogP contribution is -2.10. The van der Waals surface area contributed by atoms with Crippen molar-refractivity contribution in [1.82, 2.24) is 4.57 Å². The molecule has 0 aliphatic carbocycles. The topological polar surface area (TPSA) is 31.2 Å². The lowest BCUT2D eigenvalue weighted by molar-refractivity contribution is 0.0463. The molecule has 0 fully saturated rings. The summed E-state index contributed by atoms with van der Waals surface area (Å²) >= 11 is 1.67. The van der Waals surface area contributed by atoms with Crippen molar-refractivity contribution >= 4 is 27.4 Å². The van der Waals surface area contributed by atoms with Gasteiger partial charge in [0, 0.05) is 23.0 Å². The molecule has 0 radical (unpaired) electrons. The van der Waals surface area contributed by atoms with Gasteiger partial charge in [0.2, 0.25) is 0 Å². The third kappa shape index (κ3) is 2.23. The van der Waals surface area contributed by atoms with Gasteiger partial charge in [-0.25, -0.2) is 4.79 Å². The molecule has 3 rings (SSSR count). The summed E-state index contributed by atoms with van der Waals surface area (Å²) in [7, 11) is 1.87. The zero-order valence-corrected chi connectivity index (χ0v) is 12.2. The van der Waals surface area contributed by atoms with E-state index in [-0.39, 0.29) is 5.97 Å². The molecule has 0 N–H and O–H groups in total. The van der Waals surface area contributed by atoms with E-state index >= 15 is 0 Å². The van der Waals surface area contributed by atoms with Crippen LogP contribution < -0.4 is 0 Å². The minimum atomic E-state index is -0.282. The number of carbonyl (C=O) groups excluding carboxylic acids is 1. The number of fused-ring (bicyclic) bond motifs is 1. The Morgan fingerprint density at radius 1 is 1.25 bits per heavy atom. The Kier molecular flexibility index (Phi) is 3.32. The van der Waals surface area contributed by atoms with Crippen molar-refractivity contribution < 1.29 is 9.53 Å². The molecule has 2 aromatic heterocycles. The number of esters is 1. The van der Waals surface area contributed by atoms with Crippen molar-refractivity contribution in [2.75, 3.05) is 0 Å². The van der Waals surface area contributed by atoms with E-state index in [0.717, 1.165) is 16.6 Å². The molecule has 0 spiro atoms. The van der Waals surface area contributed by atoms with Crippen LogP contribution in [-0.2, 0) is 18.4 Å². The van der Waals surface area contributed by atoms with Gasteiger partial charge in [-0.2, -0.15) is 0 Å². The van der Waals surface area contributed by atoms with E-state index in [2.05, 4.69) is 12.1 Å². The first kappa shape index (κ1) is 12.9. The van der Waals surface area contributed by atoms with Crippen LogP contribution >= 0.6 is 11.3 Å². The van der Waals surface area contributed by atoms with Crippen LogP contribution in [-0.4, -0.2) is 10.5 Å². The number of benzene rings is 1. The van der Waals surface area contributed by atoms with Crippen molar-refractivity contribution in [1.29, 1.82) is 0 Å². The fourth-order valence-electron chi connectivity index (χ4n) is 2.18. The fraction of sp³-hybridized carbons (Fsp3) is 0.188. The first-order chi connectivity index (χ1) is 9.66. The average molecular weight is 285 g/mol.